The molecule has 0 amide bonds. The molecule has 0 unspecified atom stereocenters. The average molecular weight is 405 g/mol. The van der Waals surface area contributed by atoms with Crippen LogP contribution in [0, 0.1) is 0 Å². The van der Waals surface area contributed by atoms with Crippen LogP contribution < -0.4 is 14.8 Å². The zero-order chi connectivity index (χ0) is 20.2. The van der Waals surface area contributed by atoms with Crippen LogP contribution in [0.15, 0.2) is 66.0 Å². The molecule has 0 bridgehead atoms. The highest BCUT2D eigenvalue weighted by atomic mass is 32.1. The van der Waals surface area contributed by atoms with Gasteiger partial charge in [0, 0.05) is 23.5 Å². The topological polar surface area (TPSA) is 43.4 Å². The van der Waals surface area contributed by atoms with E-state index in [9.17, 15) is 0 Å². The third-order valence-corrected chi connectivity index (χ3v) is 6.00. The second-order valence-corrected chi connectivity index (χ2v) is 7.74. The van der Waals surface area contributed by atoms with Gasteiger partial charge in [-0.1, -0.05) is 42.5 Å². The minimum atomic E-state index is 0.229. The Morgan fingerprint density at radius 3 is 2.59 bits per heavy atom. The number of rotatable bonds is 7. The fourth-order valence-corrected chi connectivity index (χ4v) is 4.30. The number of aromatic nitrogens is 1. The summed E-state index contributed by atoms with van der Waals surface area (Å²) in [7, 11) is 3.29. The number of ether oxygens (including phenoxy) is 2. The lowest BCUT2D eigenvalue weighted by Gasteiger charge is -2.16. The van der Waals surface area contributed by atoms with E-state index < -0.39 is 0 Å². The second kappa shape index (κ2) is 8.64. The number of hydrogen-bond donors (Lipinski definition) is 1. The van der Waals surface area contributed by atoms with Crippen LogP contribution in [0.4, 0.5) is 0 Å². The number of fused-ring (bicyclic) bond motifs is 1. The van der Waals surface area contributed by atoms with Gasteiger partial charge in [0.15, 0.2) is 11.5 Å². The van der Waals surface area contributed by atoms with Gasteiger partial charge in [-0.2, -0.15) is 0 Å². The maximum atomic E-state index is 5.41. The Morgan fingerprint density at radius 1 is 0.966 bits per heavy atom. The van der Waals surface area contributed by atoms with Crippen LogP contribution in [0.5, 0.6) is 11.5 Å². The van der Waals surface area contributed by atoms with E-state index >= 15 is 0 Å². The Kier molecular flexibility index (Phi) is 5.79. The zero-order valence-electron chi connectivity index (χ0n) is 16.8. The molecular weight excluding hydrogens is 380 g/mol. The van der Waals surface area contributed by atoms with Crippen molar-refractivity contribution in [2.24, 2.45) is 0 Å². The number of benzene rings is 3. The van der Waals surface area contributed by atoms with Gasteiger partial charge in [-0.15, -0.1) is 11.3 Å². The van der Waals surface area contributed by atoms with Crippen molar-refractivity contribution in [1.82, 2.24) is 10.3 Å². The van der Waals surface area contributed by atoms with Gasteiger partial charge >= 0.3 is 0 Å². The number of nitrogens with zero attached hydrogens (tertiary/aromatic N) is 1. The van der Waals surface area contributed by atoms with Gasteiger partial charge in [0.25, 0.3) is 0 Å². The molecule has 0 aliphatic rings. The van der Waals surface area contributed by atoms with Crippen LogP contribution in [-0.2, 0) is 6.54 Å². The van der Waals surface area contributed by atoms with E-state index in [1.54, 1.807) is 25.6 Å². The zero-order valence-corrected chi connectivity index (χ0v) is 17.6. The number of methoxy groups -OCH3 is 2. The highest BCUT2D eigenvalue weighted by Crippen LogP contribution is 2.33. The molecule has 1 N–H and O–H groups in total. The molecule has 5 heteroatoms. The molecule has 4 rings (SSSR count). The minimum absolute atomic E-state index is 0.229. The normalized spacial score (nSPS) is 12.1. The third kappa shape index (κ3) is 4.11. The smallest absolute Gasteiger partial charge is 0.161 e. The Bertz CT molecular complexity index is 1120. The summed E-state index contributed by atoms with van der Waals surface area (Å²) >= 11 is 1.64. The summed E-state index contributed by atoms with van der Waals surface area (Å²) in [6.45, 7) is 2.91. The lowest BCUT2D eigenvalue weighted by Crippen LogP contribution is -2.18. The van der Waals surface area contributed by atoms with Gasteiger partial charge in [-0.05, 0) is 41.5 Å². The van der Waals surface area contributed by atoms with Crippen molar-refractivity contribution in [3.8, 4) is 22.1 Å². The van der Waals surface area contributed by atoms with Crippen LogP contribution in [-0.4, -0.2) is 19.2 Å². The minimum Gasteiger partial charge on any atom is -0.493 e. The Labute approximate surface area is 175 Å². The predicted octanol–water partition coefficient (Wildman–Crippen LogP) is 5.83. The van der Waals surface area contributed by atoms with Gasteiger partial charge in [0.05, 0.1) is 19.9 Å². The fourth-order valence-electron chi connectivity index (χ4n) is 3.49. The van der Waals surface area contributed by atoms with Crippen molar-refractivity contribution in [3.05, 3.63) is 77.3 Å². The quantitative estimate of drug-likeness (QED) is 0.421. The van der Waals surface area contributed by atoms with E-state index in [1.165, 1.54) is 16.3 Å². The summed E-state index contributed by atoms with van der Waals surface area (Å²) in [5.41, 5.74) is 3.37. The Balaban J connectivity index is 1.48. The first-order valence-electron chi connectivity index (χ1n) is 9.57. The van der Waals surface area contributed by atoms with Crippen molar-refractivity contribution >= 4 is 22.1 Å². The van der Waals surface area contributed by atoms with Crippen LogP contribution in [0.3, 0.4) is 0 Å². The number of thiazole rings is 1. The molecule has 4 nitrogen and oxygen atoms in total. The first kappa shape index (κ1) is 19.4. The maximum Gasteiger partial charge on any atom is 0.161 e. The largest absolute Gasteiger partial charge is 0.493 e. The molecule has 0 radical (unpaired) electrons. The molecule has 1 heterocycles. The standard InChI is InChI=1S/C24H24N2O2S/c1-16(20-10-6-8-17-7-4-5-9-21(17)20)25-14-19-15-29-24(26-19)18-11-12-22(27-2)23(13-18)28-3/h4-13,15-16,25H,14H2,1-3H3/t16-/m1/s1. The molecule has 1 atom stereocenters. The van der Waals surface area contributed by atoms with Crippen molar-refractivity contribution in [3.63, 3.8) is 0 Å². The van der Waals surface area contributed by atoms with Crippen LogP contribution in [0.2, 0.25) is 0 Å². The lowest BCUT2D eigenvalue weighted by atomic mass is 10.00. The molecule has 0 aliphatic carbocycles. The van der Waals surface area contributed by atoms with Crippen LogP contribution >= 0.6 is 11.3 Å². The van der Waals surface area contributed by atoms with Crippen LogP contribution in [0.25, 0.3) is 21.3 Å². The first-order valence-corrected chi connectivity index (χ1v) is 10.5. The summed E-state index contributed by atoms with van der Waals surface area (Å²) in [6, 6.07) is 21.1. The fraction of sp³-hybridized carbons (Fsp3) is 0.208. The van der Waals surface area contributed by atoms with E-state index in [2.05, 4.69) is 60.1 Å². The summed E-state index contributed by atoms with van der Waals surface area (Å²) in [6.07, 6.45) is 0. The molecule has 148 valence electrons. The summed E-state index contributed by atoms with van der Waals surface area (Å²) in [5.74, 6) is 1.43. The lowest BCUT2D eigenvalue weighted by molar-refractivity contribution is 0.355. The van der Waals surface area contributed by atoms with E-state index in [4.69, 9.17) is 14.5 Å². The summed E-state index contributed by atoms with van der Waals surface area (Å²) in [5, 5.41) is 9.25. The van der Waals surface area contributed by atoms with Crippen molar-refractivity contribution in [2.75, 3.05) is 14.2 Å². The third-order valence-electron chi connectivity index (χ3n) is 5.06. The number of hydrogen-bond acceptors (Lipinski definition) is 5. The van der Waals surface area contributed by atoms with E-state index in [-0.39, 0.29) is 6.04 Å². The van der Waals surface area contributed by atoms with Crippen molar-refractivity contribution in [2.45, 2.75) is 19.5 Å². The molecule has 29 heavy (non-hydrogen) atoms. The Hall–Kier alpha value is -2.89. The van der Waals surface area contributed by atoms with E-state index in [1.807, 2.05) is 18.2 Å². The second-order valence-electron chi connectivity index (χ2n) is 6.88. The maximum absolute atomic E-state index is 5.41. The van der Waals surface area contributed by atoms with E-state index in [0.29, 0.717) is 12.3 Å². The monoisotopic (exact) mass is 404 g/mol. The summed E-state index contributed by atoms with van der Waals surface area (Å²) in [4.78, 5) is 4.80. The predicted molar refractivity (Wildman–Crippen MR) is 120 cm³/mol. The molecular formula is C24H24N2O2S. The van der Waals surface area contributed by atoms with Gasteiger partial charge in [-0.25, -0.2) is 4.98 Å². The molecule has 1 aromatic heterocycles. The Morgan fingerprint density at radius 2 is 1.76 bits per heavy atom. The van der Waals surface area contributed by atoms with Gasteiger partial charge in [-0.3, -0.25) is 0 Å². The first-order chi connectivity index (χ1) is 14.2. The van der Waals surface area contributed by atoms with Crippen LogP contribution in [0.1, 0.15) is 24.2 Å². The van der Waals surface area contributed by atoms with E-state index in [0.717, 1.165) is 22.0 Å². The summed E-state index contributed by atoms with van der Waals surface area (Å²) < 4.78 is 10.7. The molecule has 0 saturated heterocycles. The van der Waals surface area contributed by atoms with Gasteiger partial charge in [0.2, 0.25) is 0 Å². The highest BCUT2D eigenvalue weighted by molar-refractivity contribution is 7.13. The average Bonchev–Trinajstić information content (AvgIpc) is 3.25. The molecule has 0 aliphatic heterocycles. The molecule has 0 saturated carbocycles. The molecule has 0 fully saturated rings. The highest BCUT2D eigenvalue weighted by Gasteiger charge is 2.12. The molecule has 0 spiro atoms. The number of nitrogens with one attached hydrogen (secondary N) is 1. The van der Waals surface area contributed by atoms with Crippen molar-refractivity contribution in [1.29, 1.82) is 0 Å². The van der Waals surface area contributed by atoms with Gasteiger partial charge in [0.1, 0.15) is 5.01 Å². The molecule has 3 aromatic carbocycles. The van der Waals surface area contributed by atoms with Crippen molar-refractivity contribution < 1.29 is 9.47 Å². The van der Waals surface area contributed by atoms with Gasteiger partial charge < -0.3 is 14.8 Å². The SMILES string of the molecule is COc1ccc(-c2nc(CN[C@H](C)c3cccc4ccccc34)cs2)cc1OC. The molecule has 4 aromatic rings.